The van der Waals surface area contributed by atoms with Gasteiger partial charge in [-0.25, -0.2) is 4.98 Å². The van der Waals surface area contributed by atoms with Gasteiger partial charge in [0.2, 0.25) is 5.91 Å². The number of aryl methyl sites for hydroxylation is 1. The summed E-state index contributed by atoms with van der Waals surface area (Å²) >= 11 is 1.25. The Labute approximate surface area is 148 Å². The van der Waals surface area contributed by atoms with Crippen molar-refractivity contribution in [2.24, 2.45) is 5.73 Å². The Balaban J connectivity index is 1.76. The number of nitrogens with zero attached hydrogens (tertiary/aromatic N) is 2. The highest BCUT2D eigenvalue weighted by Crippen LogP contribution is 2.21. The molecule has 0 atom stereocenters. The number of hydrogen-bond acceptors (Lipinski definition) is 5. The first-order valence-electron chi connectivity index (χ1n) is 7.60. The number of aromatic nitrogens is 2. The van der Waals surface area contributed by atoms with E-state index in [1.54, 1.807) is 18.4 Å². The van der Waals surface area contributed by atoms with E-state index < -0.39 is 5.91 Å². The average molecular weight is 352 g/mol. The van der Waals surface area contributed by atoms with Crippen LogP contribution in [0.15, 0.2) is 47.8 Å². The standard InChI is InChI=1S/C18H16N4O2S/c1-11-14(7-8-15(20-11)12-5-3-2-4-6-12)17(24)22-18-21-13(10-25-18)9-16(19)23/h2-8,10H,9H2,1H3,(H2,19,23)(H,21,22,24). The summed E-state index contributed by atoms with van der Waals surface area (Å²) in [6, 6.07) is 13.3. The largest absolute Gasteiger partial charge is 0.369 e. The van der Waals surface area contributed by atoms with Crippen LogP contribution >= 0.6 is 11.3 Å². The number of pyridine rings is 1. The fourth-order valence-corrected chi connectivity index (χ4v) is 3.06. The molecule has 0 fully saturated rings. The first kappa shape index (κ1) is 16.8. The number of carbonyl (C=O) groups excluding carboxylic acids is 2. The Morgan fingerprint density at radius 1 is 1.12 bits per heavy atom. The van der Waals surface area contributed by atoms with Crippen LogP contribution in [-0.2, 0) is 11.2 Å². The monoisotopic (exact) mass is 352 g/mol. The van der Waals surface area contributed by atoms with Gasteiger partial charge in [0.25, 0.3) is 5.91 Å². The van der Waals surface area contributed by atoms with Crippen LogP contribution in [0.2, 0.25) is 0 Å². The van der Waals surface area contributed by atoms with Crippen molar-refractivity contribution >= 4 is 28.3 Å². The highest BCUT2D eigenvalue weighted by Gasteiger charge is 2.14. The molecule has 0 aliphatic heterocycles. The van der Waals surface area contributed by atoms with Crippen LogP contribution in [0, 0.1) is 6.92 Å². The minimum absolute atomic E-state index is 0.0543. The summed E-state index contributed by atoms with van der Waals surface area (Å²) in [4.78, 5) is 32.0. The van der Waals surface area contributed by atoms with E-state index in [9.17, 15) is 9.59 Å². The number of anilines is 1. The van der Waals surface area contributed by atoms with Crippen LogP contribution in [-0.4, -0.2) is 21.8 Å². The van der Waals surface area contributed by atoms with Crippen molar-refractivity contribution in [3.05, 3.63) is 64.8 Å². The molecule has 3 N–H and O–H groups in total. The fourth-order valence-electron chi connectivity index (χ4n) is 2.36. The first-order chi connectivity index (χ1) is 12.0. The third-order valence-electron chi connectivity index (χ3n) is 3.53. The lowest BCUT2D eigenvalue weighted by Gasteiger charge is -2.07. The Kier molecular flexibility index (Phi) is 4.85. The SMILES string of the molecule is Cc1nc(-c2ccccc2)ccc1C(=O)Nc1nc(CC(N)=O)cs1. The van der Waals surface area contributed by atoms with Crippen molar-refractivity contribution in [1.82, 2.24) is 9.97 Å². The topological polar surface area (TPSA) is 98.0 Å². The van der Waals surface area contributed by atoms with Crippen molar-refractivity contribution in [3.8, 4) is 11.3 Å². The molecular formula is C18H16N4O2S. The molecule has 25 heavy (non-hydrogen) atoms. The van der Waals surface area contributed by atoms with Gasteiger partial charge in [0, 0.05) is 10.9 Å². The van der Waals surface area contributed by atoms with Gasteiger partial charge in [0.15, 0.2) is 5.13 Å². The fraction of sp³-hybridized carbons (Fsp3) is 0.111. The summed E-state index contributed by atoms with van der Waals surface area (Å²) < 4.78 is 0. The molecular weight excluding hydrogens is 336 g/mol. The molecule has 7 heteroatoms. The van der Waals surface area contributed by atoms with E-state index in [1.165, 1.54) is 11.3 Å². The molecule has 0 unspecified atom stereocenters. The van der Waals surface area contributed by atoms with Crippen LogP contribution in [0.4, 0.5) is 5.13 Å². The Morgan fingerprint density at radius 2 is 1.88 bits per heavy atom. The molecule has 0 aliphatic carbocycles. The predicted octanol–water partition coefficient (Wildman–Crippen LogP) is 2.79. The van der Waals surface area contributed by atoms with E-state index >= 15 is 0 Å². The van der Waals surface area contributed by atoms with Crippen molar-refractivity contribution in [2.45, 2.75) is 13.3 Å². The highest BCUT2D eigenvalue weighted by atomic mass is 32.1. The van der Waals surface area contributed by atoms with Crippen molar-refractivity contribution in [3.63, 3.8) is 0 Å². The van der Waals surface area contributed by atoms with Gasteiger partial charge in [-0.1, -0.05) is 30.3 Å². The van der Waals surface area contributed by atoms with Crippen LogP contribution in [0.1, 0.15) is 21.7 Å². The van der Waals surface area contributed by atoms with Gasteiger partial charge in [-0.2, -0.15) is 0 Å². The van der Waals surface area contributed by atoms with Crippen LogP contribution < -0.4 is 11.1 Å². The second-order valence-electron chi connectivity index (χ2n) is 5.44. The van der Waals surface area contributed by atoms with E-state index in [1.807, 2.05) is 36.4 Å². The molecule has 2 amide bonds. The highest BCUT2D eigenvalue weighted by molar-refractivity contribution is 7.14. The zero-order valence-electron chi connectivity index (χ0n) is 13.5. The molecule has 2 heterocycles. The number of rotatable bonds is 5. The summed E-state index contributed by atoms with van der Waals surface area (Å²) in [6.45, 7) is 1.79. The zero-order chi connectivity index (χ0) is 17.8. The second kappa shape index (κ2) is 7.23. The number of amides is 2. The van der Waals surface area contributed by atoms with Gasteiger partial charge >= 0.3 is 0 Å². The molecule has 1 aromatic carbocycles. The molecule has 126 valence electrons. The minimum atomic E-state index is -0.459. The molecule has 0 aliphatic rings. The third-order valence-corrected chi connectivity index (χ3v) is 4.33. The molecule has 0 bridgehead atoms. The van der Waals surface area contributed by atoms with Crippen LogP contribution in [0.3, 0.4) is 0 Å². The average Bonchev–Trinajstić information content (AvgIpc) is 3.01. The number of carbonyl (C=O) groups is 2. The predicted molar refractivity (Wildman–Crippen MR) is 97.4 cm³/mol. The van der Waals surface area contributed by atoms with Crippen molar-refractivity contribution < 1.29 is 9.59 Å². The maximum absolute atomic E-state index is 12.4. The number of nitrogens with two attached hydrogens (primary N) is 1. The maximum atomic E-state index is 12.4. The van der Waals surface area contributed by atoms with E-state index in [0.29, 0.717) is 22.1 Å². The van der Waals surface area contributed by atoms with Gasteiger partial charge in [0.05, 0.1) is 29.1 Å². The van der Waals surface area contributed by atoms with Gasteiger partial charge in [-0.05, 0) is 19.1 Å². The van der Waals surface area contributed by atoms with E-state index in [4.69, 9.17) is 5.73 Å². The zero-order valence-corrected chi connectivity index (χ0v) is 14.3. The smallest absolute Gasteiger partial charge is 0.259 e. The number of hydrogen-bond donors (Lipinski definition) is 2. The Bertz CT molecular complexity index is 922. The van der Waals surface area contributed by atoms with Gasteiger partial charge in [-0.3, -0.25) is 19.9 Å². The molecule has 0 saturated heterocycles. The summed E-state index contributed by atoms with van der Waals surface area (Å²) in [7, 11) is 0. The molecule has 0 spiro atoms. The normalized spacial score (nSPS) is 10.4. The second-order valence-corrected chi connectivity index (χ2v) is 6.29. The summed E-state index contributed by atoms with van der Waals surface area (Å²) in [5.41, 5.74) is 8.60. The summed E-state index contributed by atoms with van der Waals surface area (Å²) in [5, 5.41) is 4.85. The lowest BCUT2D eigenvalue weighted by molar-refractivity contribution is -0.117. The van der Waals surface area contributed by atoms with Gasteiger partial charge in [0.1, 0.15) is 0 Å². The minimum Gasteiger partial charge on any atom is -0.369 e. The molecule has 6 nitrogen and oxygen atoms in total. The van der Waals surface area contributed by atoms with Crippen LogP contribution in [0.25, 0.3) is 11.3 Å². The van der Waals surface area contributed by atoms with Crippen molar-refractivity contribution in [1.29, 1.82) is 0 Å². The number of thiazole rings is 1. The first-order valence-corrected chi connectivity index (χ1v) is 8.48. The molecule has 0 radical (unpaired) electrons. The third kappa shape index (κ3) is 4.07. The van der Waals surface area contributed by atoms with Gasteiger partial charge < -0.3 is 5.73 Å². The van der Waals surface area contributed by atoms with E-state index in [2.05, 4.69) is 15.3 Å². The van der Waals surface area contributed by atoms with Gasteiger partial charge in [-0.15, -0.1) is 11.3 Å². The van der Waals surface area contributed by atoms with E-state index in [-0.39, 0.29) is 12.3 Å². The quantitative estimate of drug-likeness (QED) is 0.738. The van der Waals surface area contributed by atoms with Crippen LogP contribution in [0.5, 0.6) is 0 Å². The van der Waals surface area contributed by atoms with E-state index in [0.717, 1.165) is 11.3 Å². The number of nitrogens with one attached hydrogen (secondary N) is 1. The lowest BCUT2D eigenvalue weighted by Crippen LogP contribution is -2.15. The number of benzene rings is 1. The Morgan fingerprint density at radius 3 is 2.56 bits per heavy atom. The summed E-state index contributed by atoms with van der Waals surface area (Å²) in [6.07, 6.45) is 0.0543. The number of primary amides is 1. The molecule has 3 aromatic rings. The maximum Gasteiger partial charge on any atom is 0.259 e. The molecule has 3 rings (SSSR count). The lowest BCUT2D eigenvalue weighted by atomic mass is 10.1. The Hall–Kier alpha value is -3.06. The summed E-state index contributed by atoms with van der Waals surface area (Å²) in [5.74, 6) is -0.746. The van der Waals surface area contributed by atoms with Crippen molar-refractivity contribution in [2.75, 3.05) is 5.32 Å². The molecule has 2 aromatic heterocycles. The molecule has 0 saturated carbocycles.